The summed E-state index contributed by atoms with van der Waals surface area (Å²) in [5.74, 6) is 0.595. The Balaban J connectivity index is 2.15. The zero-order valence-electron chi connectivity index (χ0n) is 17.4. The number of unbranched alkanes of at least 4 members (excludes halogenated alkanes) is 2. The molecule has 2 atom stereocenters. The molecular formula is C25H33NO2. The van der Waals surface area contributed by atoms with E-state index in [1.807, 2.05) is 31.5 Å². The fourth-order valence-corrected chi connectivity index (χ4v) is 4.52. The van der Waals surface area contributed by atoms with Gasteiger partial charge in [0.1, 0.15) is 11.5 Å². The maximum Gasteiger partial charge on any atom is 0.131 e. The summed E-state index contributed by atoms with van der Waals surface area (Å²) >= 11 is 0. The highest BCUT2D eigenvalue weighted by molar-refractivity contribution is 5.77. The molecule has 1 heterocycles. The van der Waals surface area contributed by atoms with Crippen molar-refractivity contribution in [1.82, 2.24) is 4.98 Å². The Kier molecular flexibility index (Phi) is 6.33. The molecule has 1 aromatic carbocycles. The fraction of sp³-hybridized carbons (Fsp3) is 0.440. The summed E-state index contributed by atoms with van der Waals surface area (Å²) in [6.45, 7) is 10.5. The van der Waals surface area contributed by atoms with E-state index in [9.17, 15) is 10.2 Å². The summed E-state index contributed by atoms with van der Waals surface area (Å²) in [4.78, 5) is 3.10. The summed E-state index contributed by atoms with van der Waals surface area (Å²) in [6, 6.07) is 3.86. The number of phenols is 2. The van der Waals surface area contributed by atoms with Crippen molar-refractivity contribution in [1.29, 1.82) is 0 Å². The summed E-state index contributed by atoms with van der Waals surface area (Å²) in [6.07, 6.45) is 12.2. The lowest BCUT2D eigenvalue weighted by Gasteiger charge is -2.32. The molecule has 150 valence electrons. The van der Waals surface area contributed by atoms with E-state index in [2.05, 4.69) is 31.5 Å². The van der Waals surface area contributed by atoms with E-state index in [0.29, 0.717) is 5.56 Å². The molecule has 1 aliphatic rings. The predicted molar refractivity (Wildman–Crippen MR) is 117 cm³/mol. The molecule has 0 aliphatic heterocycles. The minimum atomic E-state index is -0.0476. The van der Waals surface area contributed by atoms with E-state index in [1.165, 1.54) is 5.57 Å². The fourth-order valence-electron chi connectivity index (χ4n) is 4.52. The monoisotopic (exact) mass is 379 g/mol. The zero-order chi connectivity index (χ0) is 20.3. The van der Waals surface area contributed by atoms with Crippen LogP contribution < -0.4 is 0 Å². The summed E-state index contributed by atoms with van der Waals surface area (Å²) in [5.41, 5.74) is 5.87. The summed E-state index contributed by atoms with van der Waals surface area (Å²) < 4.78 is 0. The molecule has 3 nitrogen and oxygen atoms in total. The maximum atomic E-state index is 11.4. The van der Waals surface area contributed by atoms with Crippen LogP contribution in [0.4, 0.5) is 0 Å². The van der Waals surface area contributed by atoms with Crippen molar-refractivity contribution < 1.29 is 10.2 Å². The second-order valence-corrected chi connectivity index (χ2v) is 8.28. The third-order valence-electron chi connectivity index (χ3n) is 6.05. The quantitative estimate of drug-likeness (QED) is 0.364. The van der Waals surface area contributed by atoms with Gasteiger partial charge in [-0.3, -0.25) is 0 Å². The van der Waals surface area contributed by atoms with Gasteiger partial charge >= 0.3 is 0 Å². The van der Waals surface area contributed by atoms with Crippen molar-refractivity contribution in [2.24, 2.45) is 5.92 Å². The van der Waals surface area contributed by atoms with E-state index in [0.717, 1.165) is 60.8 Å². The molecule has 2 aromatic rings. The molecule has 0 fully saturated rings. The van der Waals surface area contributed by atoms with Gasteiger partial charge in [-0.1, -0.05) is 43.6 Å². The smallest absolute Gasteiger partial charge is 0.131 e. The lowest BCUT2D eigenvalue weighted by Crippen LogP contribution is -2.17. The van der Waals surface area contributed by atoms with Crippen LogP contribution in [0.5, 0.6) is 11.5 Å². The molecule has 28 heavy (non-hydrogen) atoms. The molecule has 3 rings (SSSR count). The van der Waals surface area contributed by atoms with Gasteiger partial charge in [0.05, 0.1) is 0 Å². The normalized spacial score (nSPS) is 19.5. The van der Waals surface area contributed by atoms with Gasteiger partial charge in [0.15, 0.2) is 0 Å². The van der Waals surface area contributed by atoms with Crippen LogP contribution in [0.1, 0.15) is 69.9 Å². The minimum Gasteiger partial charge on any atom is -0.507 e. The van der Waals surface area contributed by atoms with Crippen molar-refractivity contribution in [3.63, 3.8) is 0 Å². The number of aryl methyl sites for hydroxylation is 1. The van der Waals surface area contributed by atoms with Crippen LogP contribution in [0.25, 0.3) is 11.1 Å². The van der Waals surface area contributed by atoms with E-state index in [4.69, 9.17) is 0 Å². The Morgan fingerprint density at radius 2 is 2.07 bits per heavy atom. The third-order valence-corrected chi connectivity index (χ3v) is 6.05. The molecule has 0 radical (unpaired) electrons. The Bertz CT molecular complexity index is 861. The van der Waals surface area contributed by atoms with Crippen molar-refractivity contribution in [2.45, 2.75) is 65.2 Å². The van der Waals surface area contributed by atoms with Crippen LogP contribution in [0.15, 0.2) is 48.3 Å². The lowest BCUT2D eigenvalue weighted by molar-refractivity contribution is 0.407. The highest BCUT2D eigenvalue weighted by Gasteiger charge is 2.32. The van der Waals surface area contributed by atoms with Gasteiger partial charge in [-0.25, -0.2) is 0 Å². The first kappa shape index (κ1) is 20.3. The van der Waals surface area contributed by atoms with Gasteiger partial charge in [-0.2, -0.15) is 0 Å². The number of hydrogen-bond acceptors (Lipinski definition) is 2. The molecule has 0 saturated heterocycles. The number of allylic oxidation sites excluding steroid dienone is 3. The van der Waals surface area contributed by atoms with Gasteiger partial charge in [-0.05, 0) is 63.1 Å². The largest absolute Gasteiger partial charge is 0.507 e. The highest BCUT2D eigenvalue weighted by Crippen LogP contribution is 2.50. The molecule has 0 amide bonds. The number of aromatic amines is 1. The average Bonchev–Trinajstić information content (AvgIpc) is 3.15. The van der Waals surface area contributed by atoms with Gasteiger partial charge in [-0.15, -0.1) is 0 Å². The molecule has 3 heteroatoms. The first-order valence-corrected chi connectivity index (χ1v) is 10.5. The van der Waals surface area contributed by atoms with Crippen molar-refractivity contribution in [2.75, 3.05) is 0 Å². The van der Waals surface area contributed by atoms with Gasteiger partial charge in [0.25, 0.3) is 0 Å². The van der Waals surface area contributed by atoms with Crippen LogP contribution in [-0.2, 0) is 6.42 Å². The number of aromatic nitrogens is 1. The summed E-state index contributed by atoms with van der Waals surface area (Å²) in [7, 11) is 0. The Morgan fingerprint density at radius 3 is 2.71 bits per heavy atom. The number of benzene rings is 1. The van der Waals surface area contributed by atoms with Crippen molar-refractivity contribution in [3.05, 3.63) is 59.5 Å². The zero-order valence-corrected chi connectivity index (χ0v) is 17.4. The first-order chi connectivity index (χ1) is 13.4. The number of hydrogen-bond donors (Lipinski definition) is 3. The molecular weight excluding hydrogens is 346 g/mol. The second-order valence-electron chi connectivity index (χ2n) is 8.28. The third kappa shape index (κ3) is 4.04. The van der Waals surface area contributed by atoms with Gasteiger partial charge in [0.2, 0.25) is 0 Å². The molecule has 0 spiro atoms. The molecule has 0 bridgehead atoms. The average molecular weight is 380 g/mol. The Morgan fingerprint density at radius 1 is 1.29 bits per heavy atom. The van der Waals surface area contributed by atoms with Crippen LogP contribution in [0, 0.1) is 5.92 Å². The highest BCUT2D eigenvalue weighted by atomic mass is 16.3. The molecule has 3 N–H and O–H groups in total. The summed E-state index contributed by atoms with van der Waals surface area (Å²) in [5, 5.41) is 22.3. The second kappa shape index (κ2) is 8.72. The predicted octanol–water partition coefficient (Wildman–Crippen LogP) is 6.84. The number of aromatic hydroxyl groups is 2. The van der Waals surface area contributed by atoms with E-state index >= 15 is 0 Å². The minimum absolute atomic E-state index is 0.0476. The Hall–Kier alpha value is -2.42. The van der Waals surface area contributed by atoms with Crippen LogP contribution in [0.2, 0.25) is 0 Å². The van der Waals surface area contributed by atoms with E-state index in [1.54, 1.807) is 0 Å². The molecule has 1 aliphatic carbocycles. The van der Waals surface area contributed by atoms with E-state index < -0.39 is 0 Å². The lowest BCUT2D eigenvalue weighted by atomic mass is 9.73. The molecule has 0 saturated carbocycles. The van der Waals surface area contributed by atoms with Crippen molar-refractivity contribution in [3.8, 4) is 22.6 Å². The number of nitrogens with one attached hydrogen (secondary N) is 1. The topological polar surface area (TPSA) is 56.2 Å². The first-order valence-electron chi connectivity index (χ1n) is 10.5. The number of H-pyrrole nitrogens is 1. The number of phenolic OH excluding ortho intramolecular Hbond substituents is 2. The number of rotatable bonds is 7. The van der Waals surface area contributed by atoms with E-state index in [-0.39, 0.29) is 23.3 Å². The van der Waals surface area contributed by atoms with Gasteiger partial charge in [0, 0.05) is 35.0 Å². The van der Waals surface area contributed by atoms with Crippen molar-refractivity contribution >= 4 is 0 Å². The van der Waals surface area contributed by atoms with Crippen LogP contribution in [0.3, 0.4) is 0 Å². The molecule has 2 unspecified atom stereocenters. The van der Waals surface area contributed by atoms with Gasteiger partial charge < -0.3 is 15.2 Å². The Labute approximate surface area is 168 Å². The standard InChI is InChI=1S/C25H33NO2/c1-5-6-7-8-18-14-22(27)24(25(28)23(18)19-11-12-26-15-19)21-13-17(4)9-10-20(21)16(2)3/h11-15,20-21,26-28H,2,5-10H2,1,3-4H3. The molecule has 1 aromatic heterocycles. The van der Waals surface area contributed by atoms with Crippen LogP contribution >= 0.6 is 0 Å². The maximum absolute atomic E-state index is 11.4. The van der Waals surface area contributed by atoms with Crippen LogP contribution in [-0.4, -0.2) is 15.2 Å². The SMILES string of the molecule is C=C(C)C1CCC(C)=CC1c1c(O)cc(CCCCC)c(-c2cc[nH]c2)c1O.